The molecule has 0 amide bonds. The Morgan fingerprint density at radius 1 is 1.53 bits per heavy atom. The van der Waals surface area contributed by atoms with Gasteiger partial charge in [-0.1, -0.05) is 31.9 Å². The van der Waals surface area contributed by atoms with Crippen molar-refractivity contribution in [1.29, 1.82) is 0 Å². The van der Waals surface area contributed by atoms with Crippen LogP contribution in [-0.4, -0.2) is 18.2 Å². The van der Waals surface area contributed by atoms with E-state index in [1.54, 1.807) is 6.07 Å². The van der Waals surface area contributed by atoms with Gasteiger partial charge in [0.15, 0.2) is 0 Å². The van der Waals surface area contributed by atoms with Crippen LogP contribution in [0.4, 0.5) is 4.39 Å². The number of halogens is 1. The van der Waals surface area contributed by atoms with E-state index in [1.807, 2.05) is 6.92 Å². The fourth-order valence-corrected chi connectivity index (χ4v) is 2.18. The van der Waals surface area contributed by atoms with Crippen LogP contribution < -0.4 is 0 Å². The zero-order valence-electron chi connectivity index (χ0n) is 11.6. The van der Waals surface area contributed by atoms with Crippen molar-refractivity contribution in [3.8, 4) is 0 Å². The monoisotopic (exact) mass is 268 g/mol. The third-order valence-corrected chi connectivity index (χ3v) is 3.42. The number of aliphatic hydroxyl groups is 1. The Morgan fingerprint density at radius 2 is 2.21 bits per heavy atom. The maximum Gasteiger partial charge on any atom is 0.311 e. The molecular formula is C15H21FO3. The SMILES string of the molecule is CCCCC(C(=O)OC)C(C)(O)c1cccc(F)c1. The molecule has 4 heteroatoms. The molecule has 1 N–H and O–H groups in total. The van der Waals surface area contributed by atoms with Crippen LogP contribution in [0.15, 0.2) is 24.3 Å². The average Bonchev–Trinajstić information content (AvgIpc) is 2.38. The van der Waals surface area contributed by atoms with Gasteiger partial charge in [-0.2, -0.15) is 0 Å². The van der Waals surface area contributed by atoms with E-state index in [1.165, 1.54) is 32.2 Å². The Labute approximate surface area is 113 Å². The summed E-state index contributed by atoms with van der Waals surface area (Å²) in [6, 6.07) is 5.69. The van der Waals surface area contributed by atoms with E-state index in [-0.39, 0.29) is 0 Å². The zero-order chi connectivity index (χ0) is 14.5. The summed E-state index contributed by atoms with van der Waals surface area (Å²) in [5, 5.41) is 10.6. The maximum atomic E-state index is 13.3. The molecule has 0 aliphatic heterocycles. The quantitative estimate of drug-likeness (QED) is 0.807. The Hall–Kier alpha value is -1.42. The van der Waals surface area contributed by atoms with Crippen LogP contribution in [0.2, 0.25) is 0 Å². The number of carbonyl (C=O) groups is 1. The number of hydrogen-bond donors (Lipinski definition) is 1. The van der Waals surface area contributed by atoms with Crippen LogP contribution in [0, 0.1) is 11.7 Å². The van der Waals surface area contributed by atoms with Crippen molar-refractivity contribution in [1.82, 2.24) is 0 Å². The highest BCUT2D eigenvalue weighted by molar-refractivity contribution is 5.74. The number of esters is 1. The van der Waals surface area contributed by atoms with Gasteiger partial charge in [-0.25, -0.2) is 4.39 Å². The summed E-state index contributed by atoms with van der Waals surface area (Å²) in [6.45, 7) is 3.53. The summed E-state index contributed by atoms with van der Waals surface area (Å²) >= 11 is 0. The van der Waals surface area contributed by atoms with E-state index in [0.29, 0.717) is 12.0 Å². The summed E-state index contributed by atoms with van der Waals surface area (Å²) in [5.41, 5.74) is -1.05. The molecule has 106 valence electrons. The van der Waals surface area contributed by atoms with E-state index in [0.717, 1.165) is 12.8 Å². The van der Waals surface area contributed by atoms with E-state index in [9.17, 15) is 14.3 Å². The van der Waals surface area contributed by atoms with Gasteiger partial charge in [-0.05, 0) is 31.0 Å². The van der Waals surface area contributed by atoms with Crippen molar-refractivity contribution < 1.29 is 19.0 Å². The lowest BCUT2D eigenvalue weighted by atomic mass is 9.80. The minimum absolute atomic E-state index is 0.388. The molecule has 0 aromatic heterocycles. The molecule has 3 nitrogen and oxygen atoms in total. The van der Waals surface area contributed by atoms with Gasteiger partial charge >= 0.3 is 5.97 Å². The van der Waals surface area contributed by atoms with Crippen LogP contribution >= 0.6 is 0 Å². The third-order valence-electron chi connectivity index (χ3n) is 3.42. The summed E-state index contributed by atoms with van der Waals surface area (Å²) in [5.74, 6) is -1.60. The second-order valence-electron chi connectivity index (χ2n) is 4.88. The van der Waals surface area contributed by atoms with Gasteiger partial charge in [0.05, 0.1) is 13.0 Å². The van der Waals surface area contributed by atoms with Gasteiger partial charge in [-0.15, -0.1) is 0 Å². The highest BCUT2D eigenvalue weighted by Gasteiger charge is 2.39. The predicted molar refractivity (Wildman–Crippen MR) is 71.0 cm³/mol. The molecule has 0 saturated heterocycles. The Bertz CT molecular complexity index is 429. The summed E-state index contributed by atoms with van der Waals surface area (Å²) in [7, 11) is 1.29. The van der Waals surface area contributed by atoms with Crippen molar-refractivity contribution >= 4 is 5.97 Å². The largest absolute Gasteiger partial charge is 0.469 e. The Kier molecular flexibility index (Phi) is 5.48. The molecule has 0 aliphatic rings. The normalized spacial score (nSPS) is 15.6. The smallest absolute Gasteiger partial charge is 0.311 e. The first-order chi connectivity index (χ1) is 8.93. The van der Waals surface area contributed by atoms with Crippen LogP contribution in [-0.2, 0) is 15.1 Å². The van der Waals surface area contributed by atoms with Crippen LogP contribution in [0.3, 0.4) is 0 Å². The number of methoxy groups -OCH3 is 1. The molecule has 1 rings (SSSR count). The molecule has 0 bridgehead atoms. The maximum absolute atomic E-state index is 13.3. The van der Waals surface area contributed by atoms with Crippen LogP contribution in [0.5, 0.6) is 0 Å². The highest BCUT2D eigenvalue weighted by Crippen LogP contribution is 2.34. The zero-order valence-corrected chi connectivity index (χ0v) is 11.6. The van der Waals surface area contributed by atoms with Gasteiger partial charge < -0.3 is 9.84 Å². The lowest BCUT2D eigenvalue weighted by Gasteiger charge is -2.31. The van der Waals surface area contributed by atoms with Crippen molar-refractivity contribution in [2.75, 3.05) is 7.11 Å². The Morgan fingerprint density at radius 3 is 2.74 bits per heavy atom. The van der Waals surface area contributed by atoms with E-state index in [2.05, 4.69) is 0 Å². The molecule has 0 heterocycles. The molecule has 1 aromatic carbocycles. The lowest BCUT2D eigenvalue weighted by molar-refractivity contribution is -0.156. The highest BCUT2D eigenvalue weighted by atomic mass is 19.1. The number of unbranched alkanes of at least 4 members (excludes halogenated alkanes) is 1. The molecule has 0 radical (unpaired) electrons. The molecule has 0 spiro atoms. The molecule has 19 heavy (non-hydrogen) atoms. The third kappa shape index (κ3) is 3.77. The van der Waals surface area contributed by atoms with E-state index < -0.39 is 23.3 Å². The number of carbonyl (C=O) groups excluding carboxylic acids is 1. The molecule has 0 aliphatic carbocycles. The second-order valence-corrected chi connectivity index (χ2v) is 4.88. The fraction of sp³-hybridized carbons (Fsp3) is 0.533. The van der Waals surface area contributed by atoms with Crippen molar-refractivity contribution in [3.63, 3.8) is 0 Å². The molecule has 2 atom stereocenters. The topological polar surface area (TPSA) is 46.5 Å². The van der Waals surface area contributed by atoms with E-state index >= 15 is 0 Å². The standard InChI is InChI=1S/C15H21FO3/c1-4-5-9-13(14(17)19-3)15(2,18)11-7-6-8-12(16)10-11/h6-8,10,13,18H,4-5,9H2,1-3H3. The van der Waals surface area contributed by atoms with Gasteiger partial charge in [0, 0.05) is 0 Å². The van der Waals surface area contributed by atoms with Crippen LogP contribution in [0.25, 0.3) is 0 Å². The summed E-state index contributed by atoms with van der Waals surface area (Å²) in [6.07, 6.45) is 2.21. The predicted octanol–water partition coefficient (Wildman–Crippen LogP) is 3.01. The fourth-order valence-electron chi connectivity index (χ4n) is 2.18. The second kappa shape index (κ2) is 6.66. The van der Waals surface area contributed by atoms with Crippen molar-refractivity contribution in [2.24, 2.45) is 5.92 Å². The van der Waals surface area contributed by atoms with Crippen LogP contribution in [0.1, 0.15) is 38.7 Å². The summed E-state index contributed by atoms with van der Waals surface area (Å²) in [4.78, 5) is 11.8. The van der Waals surface area contributed by atoms with Crippen molar-refractivity contribution in [3.05, 3.63) is 35.6 Å². The van der Waals surface area contributed by atoms with Gasteiger partial charge in [0.1, 0.15) is 11.4 Å². The number of benzene rings is 1. The molecule has 1 aromatic rings. The lowest BCUT2D eigenvalue weighted by Crippen LogP contribution is -2.38. The number of rotatable bonds is 6. The van der Waals surface area contributed by atoms with Crippen molar-refractivity contribution in [2.45, 2.75) is 38.7 Å². The molecule has 2 unspecified atom stereocenters. The Balaban J connectivity index is 3.07. The average molecular weight is 268 g/mol. The van der Waals surface area contributed by atoms with E-state index in [4.69, 9.17) is 4.74 Å². The summed E-state index contributed by atoms with van der Waals surface area (Å²) < 4.78 is 18.0. The molecular weight excluding hydrogens is 247 g/mol. The van der Waals surface area contributed by atoms with Gasteiger partial charge in [0.25, 0.3) is 0 Å². The number of ether oxygens (including phenoxy) is 1. The minimum atomic E-state index is -1.44. The van der Waals surface area contributed by atoms with Gasteiger partial charge in [-0.3, -0.25) is 4.79 Å². The molecule has 0 saturated carbocycles. The first-order valence-electron chi connectivity index (χ1n) is 6.49. The molecule has 0 fully saturated rings. The first kappa shape index (κ1) is 15.6. The first-order valence-corrected chi connectivity index (χ1v) is 6.49. The number of hydrogen-bond acceptors (Lipinski definition) is 3. The van der Waals surface area contributed by atoms with Gasteiger partial charge in [0.2, 0.25) is 0 Å². The minimum Gasteiger partial charge on any atom is -0.469 e.